The second-order valence-electron chi connectivity index (χ2n) is 7.40. The Balaban J connectivity index is 1.14. The highest BCUT2D eigenvalue weighted by Gasteiger charge is 2.33. The lowest BCUT2D eigenvalue weighted by Gasteiger charge is -2.35. The summed E-state index contributed by atoms with van der Waals surface area (Å²) in [6, 6.07) is 17.7. The van der Waals surface area contributed by atoms with E-state index in [9.17, 15) is 4.79 Å². The molecule has 1 aromatic heterocycles. The van der Waals surface area contributed by atoms with Crippen LogP contribution < -0.4 is 14.8 Å². The topological polar surface area (TPSA) is 76.6 Å². The Morgan fingerprint density at radius 1 is 1.03 bits per heavy atom. The lowest BCUT2D eigenvalue weighted by molar-refractivity contribution is -0.142. The van der Waals surface area contributed by atoms with Gasteiger partial charge in [-0.05, 0) is 25.0 Å². The molecule has 3 aromatic rings. The molecular weight excluding hydrogens is 400 g/mol. The number of benzene rings is 2. The van der Waals surface area contributed by atoms with Gasteiger partial charge in [-0.3, -0.25) is 4.79 Å². The van der Waals surface area contributed by atoms with Gasteiger partial charge in [0.1, 0.15) is 6.61 Å². The summed E-state index contributed by atoms with van der Waals surface area (Å²) >= 11 is 1.37. The maximum absolute atomic E-state index is 12.9. The van der Waals surface area contributed by atoms with Crippen LogP contribution >= 0.6 is 11.5 Å². The number of carbonyl (C=O) groups excluding carboxylic acids is 1. The van der Waals surface area contributed by atoms with Crippen LogP contribution in [0.2, 0.25) is 0 Å². The third kappa shape index (κ3) is 3.95. The van der Waals surface area contributed by atoms with Gasteiger partial charge in [-0.1, -0.05) is 42.5 Å². The van der Waals surface area contributed by atoms with E-state index in [4.69, 9.17) is 9.47 Å². The van der Waals surface area contributed by atoms with Gasteiger partial charge >= 0.3 is 0 Å². The summed E-state index contributed by atoms with van der Waals surface area (Å²) < 4.78 is 16.0. The van der Waals surface area contributed by atoms with Gasteiger partial charge in [0.05, 0.1) is 0 Å². The third-order valence-corrected chi connectivity index (χ3v) is 6.02. The number of para-hydroxylation sites is 2. The molecule has 8 heteroatoms. The zero-order chi connectivity index (χ0) is 20.3. The number of carbonyl (C=O) groups is 1. The molecule has 1 N–H and O–H groups in total. The van der Waals surface area contributed by atoms with Crippen LogP contribution in [0.15, 0.2) is 54.6 Å². The van der Waals surface area contributed by atoms with Crippen molar-refractivity contribution < 1.29 is 14.3 Å². The molecule has 0 saturated carbocycles. The fraction of sp³-hybridized carbons (Fsp3) is 0.318. The Labute approximate surface area is 178 Å². The molecule has 30 heavy (non-hydrogen) atoms. The summed E-state index contributed by atoms with van der Waals surface area (Å²) in [7, 11) is 0. The van der Waals surface area contributed by atoms with E-state index in [-0.39, 0.29) is 18.6 Å². The van der Waals surface area contributed by atoms with Crippen LogP contribution in [0.3, 0.4) is 0 Å². The van der Waals surface area contributed by atoms with Crippen LogP contribution in [0.4, 0.5) is 5.13 Å². The van der Waals surface area contributed by atoms with Crippen LogP contribution in [0, 0.1) is 0 Å². The summed E-state index contributed by atoms with van der Waals surface area (Å²) in [5.41, 5.74) is 1.01. The van der Waals surface area contributed by atoms with Crippen LogP contribution in [0.5, 0.6) is 11.5 Å². The minimum Gasteiger partial charge on any atom is -0.485 e. The number of hydrogen-bond acceptors (Lipinski definition) is 7. The highest BCUT2D eigenvalue weighted by molar-refractivity contribution is 7.09. The molecule has 1 amide bonds. The van der Waals surface area contributed by atoms with Crippen LogP contribution in [0.25, 0.3) is 11.4 Å². The second-order valence-corrected chi connectivity index (χ2v) is 8.15. The lowest BCUT2D eigenvalue weighted by atomic mass is 10.0. The Bertz CT molecular complexity index is 1020. The zero-order valence-corrected chi connectivity index (χ0v) is 17.2. The summed E-state index contributed by atoms with van der Waals surface area (Å²) in [5, 5.41) is 4.29. The number of fused-ring (bicyclic) bond motifs is 1. The van der Waals surface area contributed by atoms with Gasteiger partial charge in [0, 0.05) is 36.2 Å². The first kappa shape index (κ1) is 18.9. The molecule has 2 aliphatic rings. The Morgan fingerprint density at radius 3 is 2.57 bits per heavy atom. The largest absolute Gasteiger partial charge is 0.485 e. The fourth-order valence-corrected chi connectivity index (χ4v) is 4.42. The molecule has 154 valence electrons. The quantitative estimate of drug-likeness (QED) is 0.694. The first-order valence-corrected chi connectivity index (χ1v) is 10.9. The normalized spacial score (nSPS) is 18.8. The molecule has 1 saturated heterocycles. The van der Waals surface area contributed by atoms with Crippen molar-refractivity contribution >= 4 is 22.6 Å². The number of likely N-dealkylation sites (tertiary alicyclic amines) is 1. The summed E-state index contributed by atoms with van der Waals surface area (Å²) in [5.74, 6) is 2.05. The average molecular weight is 423 g/mol. The number of amides is 1. The maximum atomic E-state index is 12.9. The van der Waals surface area contributed by atoms with Crippen molar-refractivity contribution in [2.24, 2.45) is 0 Å². The SMILES string of the molecule is O=C(C1COc2ccccc2O1)N1CCC(Nc2nc(-c3ccccc3)ns2)CC1. The molecule has 0 spiro atoms. The van der Waals surface area contributed by atoms with Crippen LogP contribution in [0.1, 0.15) is 12.8 Å². The minimum absolute atomic E-state index is 0.00904. The number of piperidine rings is 1. The predicted molar refractivity (Wildman–Crippen MR) is 115 cm³/mol. The van der Waals surface area contributed by atoms with E-state index in [0.717, 1.165) is 29.4 Å². The highest BCUT2D eigenvalue weighted by Crippen LogP contribution is 2.31. The standard InChI is InChI=1S/C22H22N4O3S/c27-21(19-14-28-17-8-4-5-9-18(17)29-19)26-12-10-16(11-13-26)23-22-24-20(25-30-22)15-6-2-1-3-7-15/h1-9,16,19H,10-14H2,(H,23,24,25). The smallest absolute Gasteiger partial charge is 0.267 e. The van der Waals surface area contributed by atoms with Crippen molar-refractivity contribution in [3.63, 3.8) is 0 Å². The van der Waals surface area contributed by atoms with Gasteiger partial charge < -0.3 is 19.7 Å². The van der Waals surface area contributed by atoms with Crippen molar-refractivity contribution in [1.82, 2.24) is 14.3 Å². The van der Waals surface area contributed by atoms with Crippen LogP contribution in [-0.4, -0.2) is 52.0 Å². The van der Waals surface area contributed by atoms with E-state index in [2.05, 4.69) is 14.7 Å². The number of nitrogens with zero attached hydrogens (tertiary/aromatic N) is 3. The number of aromatic nitrogens is 2. The molecule has 0 bridgehead atoms. The summed E-state index contributed by atoms with van der Waals surface area (Å²) in [4.78, 5) is 19.3. The molecule has 5 rings (SSSR count). The van der Waals surface area contributed by atoms with Gasteiger partial charge in [-0.25, -0.2) is 0 Å². The lowest BCUT2D eigenvalue weighted by Crippen LogP contribution is -2.50. The van der Waals surface area contributed by atoms with Gasteiger partial charge in [0.15, 0.2) is 17.3 Å². The van der Waals surface area contributed by atoms with E-state index in [1.807, 2.05) is 59.5 Å². The number of nitrogens with one attached hydrogen (secondary N) is 1. The molecular formula is C22H22N4O3S. The van der Waals surface area contributed by atoms with Crippen molar-refractivity contribution in [3.05, 3.63) is 54.6 Å². The monoisotopic (exact) mass is 422 g/mol. The first-order chi connectivity index (χ1) is 14.8. The van der Waals surface area contributed by atoms with E-state index in [1.54, 1.807) is 0 Å². The highest BCUT2D eigenvalue weighted by atomic mass is 32.1. The zero-order valence-electron chi connectivity index (χ0n) is 16.4. The van der Waals surface area contributed by atoms with Gasteiger partial charge in [0.25, 0.3) is 5.91 Å². The van der Waals surface area contributed by atoms with E-state index >= 15 is 0 Å². The molecule has 2 aliphatic heterocycles. The van der Waals surface area contributed by atoms with Crippen molar-refractivity contribution in [2.75, 3.05) is 25.0 Å². The van der Waals surface area contributed by atoms with Gasteiger partial charge in [0.2, 0.25) is 11.2 Å². The van der Waals surface area contributed by atoms with Crippen molar-refractivity contribution in [1.29, 1.82) is 0 Å². The minimum atomic E-state index is -0.582. The van der Waals surface area contributed by atoms with Crippen LogP contribution in [-0.2, 0) is 4.79 Å². The molecule has 2 aromatic carbocycles. The van der Waals surface area contributed by atoms with Crippen molar-refractivity contribution in [2.45, 2.75) is 25.0 Å². The molecule has 7 nitrogen and oxygen atoms in total. The summed E-state index contributed by atoms with van der Waals surface area (Å²) in [6.07, 6.45) is 1.13. The number of rotatable bonds is 4. The molecule has 0 aliphatic carbocycles. The van der Waals surface area contributed by atoms with Gasteiger partial charge in [-0.15, -0.1) is 0 Å². The Hall–Kier alpha value is -3.13. The molecule has 1 unspecified atom stereocenters. The molecule has 1 fully saturated rings. The molecule has 3 heterocycles. The average Bonchev–Trinajstić information content (AvgIpc) is 3.28. The van der Waals surface area contributed by atoms with E-state index in [1.165, 1.54) is 11.5 Å². The van der Waals surface area contributed by atoms with E-state index < -0.39 is 6.10 Å². The third-order valence-electron chi connectivity index (χ3n) is 5.38. The van der Waals surface area contributed by atoms with Gasteiger partial charge in [-0.2, -0.15) is 9.36 Å². The molecule has 0 radical (unpaired) electrons. The second kappa shape index (κ2) is 8.31. The van der Waals surface area contributed by atoms with E-state index in [0.29, 0.717) is 24.6 Å². The Morgan fingerprint density at radius 2 is 1.77 bits per heavy atom. The molecule has 1 atom stereocenters. The first-order valence-electron chi connectivity index (χ1n) is 10.1. The predicted octanol–water partition coefficient (Wildman–Crippen LogP) is 3.45. The number of ether oxygens (including phenoxy) is 2. The van der Waals surface area contributed by atoms with Crippen molar-refractivity contribution in [3.8, 4) is 22.9 Å². The Kier molecular flexibility index (Phi) is 5.23. The number of hydrogen-bond donors (Lipinski definition) is 1. The maximum Gasteiger partial charge on any atom is 0.267 e. The number of anilines is 1. The summed E-state index contributed by atoms with van der Waals surface area (Å²) in [6.45, 7) is 1.62. The fourth-order valence-electron chi connectivity index (χ4n) is 3.75.